The van der Waals surface area contributed by atoms with Crippen LogP contribution in [0.2, 0.25) is 0 Å². The summed E-state index contributed by atoms with van der Waals surface area (Å²) in [5, 5.41) is 48.6. The Balaban J connectivity index is 2.30. The maximum absolute atomic E-state index is 11.5. The Hall–Kier alpha value is -0.770. The van der Waals surface area contributed by atoms with Crippen molar-refractivity contribution in [2.75, 3.05) is 6.61 Å². The fraction of sp³-hybridized carbons (Fsp3) is 0.900. The topological polar surface area (TPSA) is 137 Å². The van der Waals surface area contributed by atoms with Crippen LogP contribution in [0.5, 0.6) is 0 Å². The normalized spacial score (nSPS) is 53.3. The molecule has 0 spiro atoms. The predicted octanol–water partition coefficient (Wildman–Crippen LogP) is -3.49. The fourth-order valence-corrected chi connectivity index (χ4v) is 2.25. The number of rotatable bonds is 1. The first-order valence-electron chi connectivity index (χ1n) is 5.57. The second-order valence-corrected chi connectivity index (χ2v) is 4.67. The van der Waals surface area contributed by atoms with Gasteiger partial charge in [0, 0.05) is 0 Å². The van der Waals surface area contributed by atoms with Crippen LogP contribution in [0.1, 0.15) is 6.92 Å². The average Bonchev–Trinajstić information content (AvgIpc) is 2.60. The highest BCUT2D eigenvalue weighted by Crippen LogP contribution is 2.34. The van der Waals surface area contributed by atoms with Gasteiger partial charge in [0.15, 0.2) is 0 Å². The number of aliphatic hydroxyl groups excluding tert-OH is 4. The second kappa shape index (κ2) is 4.41. The molecule has 2 aliphatic rings. The third kappa shape index (κ3) is 1.73. The van der Waals surface area contributed by atoms with E-state index in [-0.39, 0.29) is 0 Å². The number of hydrogen-bond donors (Lipinski definition) is 5. The SMILES string of the molecule is C[C@H]1OC([C@]2(O)C(=O)OC[C@H]2O)[C@@H](O)[C@@H](O)[C@@H]1O. The van der Waals surface area contributed by atoms with Crippen molar-refractivity contribution in [2.24, 2.45) is 0 Å². The summed E-state index contributed by atoms with van der Waals surface area (Å²) < 4.78 is 9.64. The van der Waals surface area contributed by atoms with Crippen molar-refractivity contribution >= 4 is 5.97 Å². The molecule has 8 nitrogen and oxygen atoms in total. The summed E-state index contributed by atoms with van der Waals surface area (Å²) in [5.74, 6) is -1.13. The van der Waals surface area contributed by atoms with Gasteiger partial charge in [0.05, 0.1) is 6.10 Å². The highest BCUT2D eigenvalue weighted by Gasteiger charge is 2.62. The highest BCUT2D eigenvalue weighted by molar-refractivity contribution is 5.83. The van der Waals surface area contributed by atoms with E-state index >= 15 is 0 Å². The molecule has 104 valence electrons. The molecular formula is C10H16O8. The molecular weight excluding hydrogens is 248 g/mol. The predicted molar refractivity (Wildman–Crippen MR) is 54.3 cm³/mol. The third-order valence-corrected chi connectivity index (χ3v) is 3.49. The standard InChI is InChI=1S/C10H16O8/c1-3-5(12)6(13)7(14)8(18-3)10(16)4(11)2-17-9(10)15/h3-8,11-14,16H,2H2,1H3/t3-,4-,5-,6+,7+,8?,10+/m1/s1. The summed E-state index contributed by atoms with van der Waals surface area (Å²) in [6.45, 7) is 0.984. The van der Waals surface area contributed by atoms with Crippen LogP contribution in [0, 0.1) is 0 Å². The molecule has 8 heteroatoms. The zero-order valence-electron chi connectivity index (χ0n) is 9.63. The van der Waals surface area contributed by atoms with E-state index in [2.05, 4.69) is 4.74 Å². The molecule has 0 saturated carbocycles. The van der Waals surface area contributed by atoms with E-state index in [0.717, 1.165) is 0 Å². The summed E-state index contributed by atoms with van der Waals surface area (Å²) in [4.78, 5) is 11.5. The van der Waals surface area contributed by atoms with Crippen LogP contribution >= 0.6 is 0 Å². The van der Waals surface area contributed by atoms with Crippen LogP contribution in [-0.2, 0) is 14.3 Å². The number of cyclic esters (lactones) is 1. The zero-order chi connectivity index (χ0) is 13.7. The maximum Gasteiger partial charge on any atom is 0.344 e. The molecule has 2 heterocycles. The number of carbonyl (C=O) groups excluding carboxylic acids is 1. The van der Waals surface area contributed by atoms with Gasteiger partial charge in [0.1, 0.15) is 37.1 Å². The molecule has 2 aliphatic heterocycles. The van der Waals surface area contributed by atoms with Crippen molar-refractivity contribution in [2.45, 2.75) is 49.1 Å². The molecule has 0 aromatic heterocycles. The summed E-state index contributed by atoms with van der Waals surface area (Å²) in [6.07, 6.45) is -8.73. The molecule has 2 rings (SSSR count). The first-order valence-corrected chi connectivity index (χ1v) is 5.57. The number of carbonyl (C=O) groups is 1. The minimum Gasteiger partial charge on any atom is -0.461 e. The van der Waals surface area contributed by atoms with E-state index in [1.54, 1.807) is 0 Å². The lowest BCUT2D eigenvalue weighted by Crippen LogP contribution is -2.68. The van der Waals surface area contributed by atoms with Gasteiger partial charge in [-0.1, -0.05) is 0 Å². The molecule has 0 aromatic carbocycles. The van der Waals surface area contributed by atoms with Crippen molar-refractivity contribution < 1.29 is 39.8 Å². The molecule has 0 aliphatic carbocycles. The van der Waals surface area contributed by atoms with E-state index in [4.69, 9.17) is 4.74 Å². The minimum atomic E-state index is -2.45. The third-order valence-electron chi connectivity index (χ3n) is 3.49. The molecule has 0 amide bonds. The van der Waals surface area contributed by atoms with Gasteiger partial charge in [-0.25, -0.2) is 4.79 Å². The van der Waals surface area contributed by atoms with Crippen molar-refractivity contribution in [3.8, 4) is 0 Å². The number of hydrogen-bond acceptors (Lipinski definition) is 8. The summed E-state index contributed by atoms with van der Waals surface area (Å²) in [6, 6.07) is 0. The molecule has 5 N–H and O–H groups in total. The molecule has 0 radical (unpaired) electrons. The minimum absolute atomic E-state index is 0.422. The molecule has 0 bridgehead atoms. The van der Waals surface area contributed by atoms with Gasteiger partial charge in [-0.2, -0.15) is 0 Å². The van der Waals surface area contributed by atoms with Crippen LogP contribution in [0.4, 0.5) is 0 Å². The number of ether oxygens (including phenoxy) is 2. The molecule has 0 aromatic rings. The quantitative estimate of drug-likeness (QED) is 0.308. The zero-order valence-corrected chi connectivity index (χ0v) is 9.63. The smallest absolute Gasteiger partial charge is 0.344 e. The number of esters is 1. The van der Waals surface area contributed by atoms with Crippen LogP contribution in [0.15, 0.2) is 0 Å². The van der Waals surface area contributed by atoms with Gasteiger partial charge in [-0.05, 0) is 6.92 Å². The van der Waals surface area contributed by atoms with Gasteiger partial charge in [-0.15, -0.1) is 0 Å². The molecule has 1 unspecified atom stereocenters. The largest absolute Gasteiger partial charge is 0.461 e. The van der Waals surface area contributed by atoms with Crippen LogP contribution in [0.25, 0.3) is 0 Å². The van der Waals surface area contributed by atoms with E-state index in [1.165, 1.54) is 6.92 Å². The lowest BCUT2D eigenvalue weighted by atomic mass is 9.83. The summed E-state index contributed by atoms with van der Waals surface area (Å²) in [7, 11) is 0. The summed E-state index contributed by atoms with van der Waals surface area (Å²) in [5.41, 5.74) is -2.45. The van der Waals surface area contributed by atoms with Crippen molar-refractivity contribution in [1.29, 1.82) is 0 Å². The fourth-order valence-electron chi connectivity index (χ4n) is 2.25. The van der Waals surface area contributed by atoms with Gasteiger partial charge in [0.25, 0.3) is 0 Å². The second-order valence-electron chi connectivity index (χ2n) is 4.67. The molecule has 2 fully saturated rings. The van der Waals surface area contributed by atoms with Gasteiger partial charge in [-0.3, -0.25) is 0 Å². The lowest BCUT2D eigenvalue weighted by molar-refractivity contribution is -0.266. The van der Waals surface area contributed by atoms with Crippen LogP contribution in [-0.4, -0.2) is 80.3 Å². The van der Waals surface area contributed by atoms with E-state index < -0.39 is 54.8 Å². The van der Waals surface area contributed by atoms with E-state index in [0.29, 0.717) is 0 Å². The van der Waals surface area contributed by atoms with Crippen LogP contribution in [0.3, 0.4) is 0 Å². The molecule has 2 saturated heterocycles. The lowest BCUT2D eigenvalue weighted by Gasteiger charge is -2.44. The van der Waals surface area contributed by atoms with Crippen LogP contribution < -0.4 is 0 Å². The van der Waals surface area contributed by atoms with Crippen molar-refractivity contribution in [1.82, 2.24) is 0 Å². The first kappa shape index (κ1) is 13.7. The Bertz CT molecular complexity index is 347. The Morgan fingerprint density at radius 2 is 1.78 bits per heavy atom. The van der Waals surface area contributed by atoms with Gasteiger partial charge >= 0.3 is 5.97 Å². The molecule has 18 heavy (non-hydrogen) atoms. The monoisotopic (exact) mass is 264 g/mol. The van der Waals surface area contributed by atoms with Gasteiger partial charge in [0.2, 0.25) is 5.60 Å². The Kier molecular flexibility index (Phi) is 3.34. The Labute approximate surface area is 102 Å². The van der Waals surface area contributed by atoms with Gasteiger partial charge < -0.3 is 35.0 Å². The molecule has 7 atom stereocenters. The summed E-state index contributed by atoms with van der Waals surface area (Å²) >= 11 is 0. The first-order chi connectivity index (χ1) is 8.30. The maximum atomic E-state index is 11.5. The highest BCUT2D eigenvalue weighted by atomic mass is 16.6. The Morgan fingerprint density at radius 3 is 2.28 bits per heavy atom. The van der Waals surface area contributed by atoms with Crippen molar-refractivity contribution in [3.05, 3.63) is 0 Å². The average molecular weight is 264 g/mol. The number of aliphatic hydroxyl groups is 5. The van der Waals surface area contributed by atoms with E-state index in [1.807, 2.05) is 0 Å². The van der Waals surface area contributed by atoms with Crippen molar-refractivity contribution in [3.63, 3.8) is 0 Å². The Morgan fingerprint density at radius 1 is 1.17 bits per heavy atom. The van der Waals surface area contributed by atoms with E-state index in [9.17, 15) is 30.3 Å².